The molecule has 1 aromatic heterocycles. The minimum Gasteiger partial charge on any atom is -0.320 e. The molecule has 3 rings (SSSR count). The van der Waals surface area contributed by atoms with E-state index < -0.39 is 0 Å². The lowest BCUT2D eigenvalue weighted by atomic mass is 10.0. The van der Waals surface area contributed by atoms with Crippen molar-refractivity contribution >= 4 is 22.5 Å². The summed E-state index contributed by atoms with van der Waals surface area (Å²) < 4.78 is 2.08. The molecule has 4 heteroatoms. The lowest BCUT2D eigenvalue weighted by molar-refractivity contribution is 0.494. The van der Waals surface area contributed by atoms with Gasteiger partial charge in [0.25, 0.3) is 0 Å². The summed E-state index contributed by atoms with van der Waals surface area (Å²) in [6.07, 6.45) is 2.88. The molecule has 1 unspecified atom stereocenters. The number of hydrogen-bond donors (Lipinski definition) is 1. The first-order valence-corrected chi connectivity index (χ1v) is 7.49. The molecule has 1 heterocycles. The number of rotatable bonds is 5. The third-order valence-electron chi connectivity index (χ3n) is 3.71. The molecular formula is C17H18ClN3. The van der Waals surface area contributed by atoms with Gasteiger partial charge in [-0.05, 0) is 43.8 Å². The summed E-state index contributed by atoms with van der Waals surface area (Å²) in [6, 6.07) is 16.6. The highest BCUT2D eigenvalue weighted by Crippen LogP contribution is 2.27. The molecule has 0 bridgehead atoms. The minimum atomic E-state index is 0.203. The van der Waals surface area contributed by atoms with Crippen LogP contribution in [0.1, 0.15) is 18.0 Å². The zero-order valence-corrected chi connectivity index (χ0v) is 12.7. The first-order valence-electron chi connectivity index (χ1n) is 7.12. The van der Waals surface area contributed by atoms with Gasteiger partial charge in [-0.1, -0.05) is 41.9 Å². The monoisotopic (exact) mass is 299 g/mol. The molecule has 0 aliphatic rings. The average Bonchev–Trinajstić information content (AvgIpc) is 2.92. The third kappa shape index (κ3) is 2.94. The van der Waals surface area contributed by atoms with Crippen molar-refractivity contribution in [3.63, 3.8) is 0 Å². The van der Waals surface area contributed by atoms with Crippen LogP contribution in [-0.2, 0) is 0 Å². The van der Waals surface area contributed by atoms with Crippen molar-refractivity contribution in [2.75, 3.05) is 13.6 Å². The van der Waals surface area contributed by atoms with E-state index in [2.05, 4.69) is 39.4 Å². The number of aromatic nitrogens is 2. The van der Waals surface area contributed by atoms with Gasteiger partial charge in [0.1, 0.15) is 0 Å². The normalized spacial score (nSPS) is 12.7. The number of fused-ring (bicyclic) bond motifs is 1. The lowest BCUT2D eigenvalue weighted by Crippen LogP contribution is -2.18. The van der Waals surface area contributed by atoms with Crippen molar-refractivity contribution in [2.45, 2.75) is 12.5 Å². The maximum Gasteiger partial charge on any atom is 0.0787 e. The van der Waals surface area contributed by atoms with Crippen LogP contribution in [-0.4, -0.2) is 23.4 Å². The van der Waals surface area contributed by atoms with Gasteiger partial charge in [-0.15, -0.1) is 0 Å². The van der Waals surface area contributed by atoms with Gasteiger partial charge >= 0.3 is 0 Å². The van der Waals surface area contributed by atoms with E-state index in [0.29, 0.717) is 0 Å². The van der Waals surface area contributed by atoms with E-state index in [1.807, 2.05) is 37.5 Å². The molecule has 0 saturated carbocycles. The Kier molecular flexibility index (Phi) is 4.23. The summed E-state index contributed by atoms with van der Waals surface area (Å²) in [7, 11) is 1.97. The summed E-state index contributed by atoms with van der Waals surface area (Å²) in [6.45, 7) is 0.932. The fourth-order valence-corrected chi connectivity index (χ4v) is 2.81. The van der Waals surface area contributed by atoms with Gasteiger partial charge < -0.3 is 5.32 Å². The number of benzene rings is 2. The Labute approximate surface area is 129 Å². The smallest absolute Gasteiger partial charge is 0.0787 e. The third-order valence-corrected chi connectivity index (χ3v) is 3.94. The topological polar surface area (TPSA) is 29.9 Å². The molecule has 3 aromatic rings. The van der Waals surface area contributed by atoms with Crippen LogP contribution in [0.15, 0.2) is 54.7 Å². The van der Waals surface area contributed by atoms with Crippen LogP contribution in [0.4, 0.5) is 0 Å². The van der Waals surface area contributed by atoms with Crippen molar-refractivity contribution in [1.29, 1.82) is 0 Å². The first kappa shape index (κ1) is 14.1. The number of nitrogens with zero attached hydrogens (tertiary/aromatic N) is 2. The number of halogens is 1. The number of nitrogens with one attached hydrogen (secondary N) is 1. The molecule has 0 fully saturated rings. The summed E-state index contributed by atoms with van der Waals surface area (Å²) in [4.78, 5) is 0. The predicted molar refractivity (Wildman–Crippen MR) is 87.9 cm³/mol. The predicted octanol–water partition coefficient (Wildman–Crippen LogP) is 3.89. The van der Waals surface area contributed by atoms with Crippen LogP contribution in [0.5, 0.6) is 0 Å². The van der Waals surface area contributed by atoms with Crippen molar-refractivity contribution in [3.05, 3.63) is 65.3 Å². The van der Waals surface area contributed by atoms with E-state index in [1.165, 1.54) is 5.56 Å². The van der Waals surface area contributed by atoms with Gasteiger partial charge in [0.15, 0.2) is 0 Å². The maximum absolute atomic E-state index is 6.15. The molecule has 108 valence electrons. The van der Waals surface area contributed by atoms with Gasteiger partial charge in [0.2, 0.25) is 0 Å². The Balaban J connectivity index is 2.07. The van der Waals surface area contributed by atoms with Crippen LogP contribution in [0, 0.1) is 0 Å². The maximum atomic E-state index is 6.15. The van der Waals surface area contributed by atoms with Crippen LogP contribution in [0.2, 0.25) is 5.02 Å². The molecule has 2 aromatic carbocycles. The molecular weight excluding hydrogens is 282 g/mol. The second-order valence-corrected chi connectivity index (χ2v) is 5.55. The summed E-state index contributed by atoms with van der Waals surface area (Å²) in [5.74, 6) is 0. The van der Waals surface area contributed by atoms with E-state index >= 15 is 0 Å². The zero-order chi connectivity index (χ0) is 14.7. The molecule has 0 radical (unpaired) electrons. The van der Waals surface area contributed by atoms with Gasteiger partial charge in [-0.2, -0.15) is 5.10 Å². The van der Waals surface area contributed by atoms with Gasteiger partial charge in [0.05, 0.1) is 17.8 Å². The fraction of sp³-hybridized carbons (Fsp3) is 0.235. The molecule has 0 amide bonds. The standard InChI is InChI=1S/C17H18ClN3/c1-19-10-9-16(13-5-3-2-4-6-13)21-17-11-15(18)8-7-14(17)12-20-21/h2-8,11-12,16,19H,9-10H2,1H3. The van der Waals surface area contributed by atoms with Crippen LogP contribution < -0.4 is 5.32 Å². The second-order valence-electron chi connectivity index (χ2n) is 5.11. The summed E-state index contributed by atoms with van der Waals surface area (Å²) >= 11 is 6.15. The summed E-state index contributed by atoms with van der Waals surface area (Å²) in [5.41, 5.74) is 2.34. The Morgan fingerprint density at radius 3 is 2.76 bits per heavy atom. The molecule has 0 aliphatic carbocycles. The Morgan fingerprint density at radius 2 is 2.00 bits per heavy atom. The van der Waals surface area contributed by atoms with E-state index in [4.69, 9.17) is 11.6 Å². The summed E-state index contributed by atoms with van der Waals surface area (Å²) in [5, 5.41) is 9.67. The Hall–Kier alpha value is -1.84. The molecule has 0 aliphatic heterocycles. The minimum absolute atomic E-state index is 0.203. The van der Waals surface area contributed by atoms with Gasteiger partial charge in [0, 0.05) is 10.4 Å². The molecule has 3 nitrogen and oxygen atoms in total. The van der Waals surface area contributed by atoms with E-state index in [0.717, 1.165) is 28.9 Å². The molecule has 21 heavy (non-hydrogen) atoms. The van der Waals surface area contributed by atoms with Crippen LogP contribution in [0.3, 0.4) is 0 Å². The van der Waals surface area contributed by atoms with Crippen molar-refractivity contribution < 1.29 is 0 Å². The molecule has 0 spiro atoms. The van der Waals surface area contributed by atoms with E-state index in [9.17, 15) is 0 Å². The van der Waals surface area contributed by atoms with Crippen LogP contribution >= 0.6 is 11.6 Å². The van der Waals surface area contributed by atoms with Crippen molar-refractivity contribution in [1.82, 2.24) is 15.1 Å². The van der Waals surface area contributed by atoms with E-state index in [1.54, 1.807) is 0 Å². The number of hydrogen-bond acceptors (Lipinski definition) is 2. The quantitative estimate of drug-likeness (QED) is 0.774. The molecule has 0 saturated heterocycles. The second kappa shape index (κ2) is 6.29. The van der Waals surface area contributed by atoms with E-state index in [-0.39, 0.29) is 6.04 Å². The lowest BCUT2D eigenvalue weighted by Gasteiger charge is -2.19. The SMILES string of the molecule is CNCCC(c1ccccc1)n1ncc2ccc(Cl)cc21. The Morgan fingerprint density at radius 1 is 1.19 bits per heavy atom. The van der Waals surface area contributed by atoms with Crippen molar-refractivity contribution in [2.24, 2.45) is 0 Å². The van der Waals surface area contributed by atoms with Gasteiger partial charge in [-0.3, -0.25) is 4.68 Å². The largest absolute Gasteiger partial charge is 0.320 e. The zero-order valence-electron chi connectivity index (χ0n) is 12.0. The Bertz CT molecular complexity index is 721. The highest BCUT2D eigenvalue weighted by molar-refractivity contribution is 6.31. The van der Waals surface area contributed by atoms with Crippen molar-refractivity contribution in [3.8, 4) is 0 Å². The molecule has 1 atom stereocenters. The highest BCUT2D eigenvalue weighted by atomic mass is 35.5. The highest BCUT2D eigenvalue weighted by Gasteiger charge is 2.16. The van der Waals surface area contributed by atoms with Gasteiger partial charge in [-0.25, -0.2) is 0 Å². The first-order chi connectivity index (χ1) is 10.3. The fourth-order valence-electron chi connectivity index (χ4n) is 2.65. The molecule has 1 N–H and O–H groups in total. The average molecular weight is 300 g/mol. The van der Waals surface area contributed by atoms with Crippen LogP contribution in [0.25, 0.3) is 10.9 Å².